The third-order valence-corrected chi connectivity index (χ3v) is 3.47. The number of rotatable bonds is 4. The van der Waals surface area contributed by atoms with Gasteiger partial charge in [-0.3, -0.25) is 4.98 Å². The van der Waals surface area contributed by atoms with Crippen molar-refractivity contribution in [2.75, 3.05) is 13.2 Å². The van der Waals surface area contributed by atoms with Crippen molar-refractivity contribution < 1.29 is 4.74 Å². The zero-order valence-electron chi connectivity index (χ0n) is 10.4. The van der Waals surface area contributed by atoms with Crippen LogP contribution in [-0.4, -0.2) is 24.2 Å². The Hall–Kier alpha value is -1.61. The maximum absolute atomic E-state index is 5.81. The summed E-state index contributed by atoms with van der Waals surface area (Å²) >= 11 is 0. The molecule has 94 valence electrons. The number of nitrogens with one attached hydrogen (secondary N) is 1. The lowest BCUT2D eigenvalue weighted by Crippen LogP contribution is -2.23. The number of benzene rings is 1. The molecule has 2 aromatic rings. The van der Waals surface area contributed by atoms with E-state index in [2.05, 4.69) is 22.4 Å². The van der Waals surface area contributed by atoms with Gasteiger partial charge in [0, 0.05) is 17.6 Å². The molecule has 3 rings (SSSR count). The molecule has 0 amide bonds. The van der Waals surface area contributed by atoms with Crippen LogP contribution in [0.25, 0.3) is 10.9 Å². The van der Waals surface area contributed by atoms with Gasteiger partial charge in [-0.2, -0.15) is 0 Å². The Labute approximate surface area is 107 Å². The summed E-state index contributed by atoms with van der Waals surface area (Å²) in [5.41, 5.74) is 1.02. The molecule has 1 aromatic carbocycles. The first-order chi connectivity index (χ1) is 8.92. The van der Waals surface area contributed by atoms with E-state index < -0.39 is 0 Å². The quantitative estimate of drug-likeness (QED) is 0.895. The predicted molar refractivity (Wildman–Crippen MR) is 72.9 cm³/mol. The van der Waals surface area contributed by atoms with E-state index in [0.717, 1.165) is 36.2 Å². The molecule has 3 nitrogen and oxygen atoms in total. The Morgan fingerprint density at radius 2 is 2.33 bits per heavy atom. The number of pyridine rings is 1. The SMILES string of the molecule is c1cnc2ccc(OCCC3CCCN3)cc2c1. The number of hydrogen-bond donors (Lipinski definition) is 1. The van der Waals surface area contributed by atoms with Crippen LogP contribution in [0.2, 0.25) is 0 Å². The van der Waals surface area contributed by atoms with Crippen LogP contribution in [0.15, 0.2) is 36.5 Å². The Morgan fingerprint density at radius 3 is 3.22 bits per heavy atom. The first-order valence-corrected chi connectivity index (χ1v) is 6.63. The van der Waals surface area contributed by atoms with Crippen LogP contribution in [0.3, 0.4) is 0 Å². The molecule has 3 heteroatoms. The van der Waals surface area contributed by atoms with E-state index in [4.69, 9.17) is 4.74 Å². The first kappa shape index (κ1) is 11.5. The number of fused-ring (bicyclic) bond motifs is 1. The molecule has 1 N–H and O–H groups in total. The highest BCUT2D eigenvalue weighted by Gasteiger charge is 2.13. The lowest BCUT2D eigenvalue weighted by molar-refractivity contribution is 0.292. The maximum atomic E-state index is 5.81. The fraction of sp³-hybridized carbons (Fsp3) is 0.400. The average molecular weight is 242 g/mol. The molecule has 1 atom stereocenters. The second kappa shape index (κ2) is 5.36. The summed E-state index contributed by atoms with van der Waals surface area (Å²) in [4.78, 5) is 4.30. The highest BCUT2D eigenvalue weighted by atomic mass is 16.5. The van der Waals surface area contributed by atoms with Crippen LogP contribution >= 0.6 is 0 Å². The van der Waals surface area contributed by atoms with Crippen molar-refractivity contribution in [1.29, 1.82) is 0 Å². The minimum absolute atomic E-state index is 0.645. The van der Waals surface area contributed by atoms with Gasteiger partial charge >= 0.3 is 0 Å². The summed E-state index contributed by atoms with van der Waals surface area (Å²) in [5.74, 6) is 0.938. The lowest BCUT2D eigenvalue weighted by Gasteiger charge is -2.11. The smallest absolute Gasteiger partial charge is 0.120 e. The Kier molecular flexibility index (Phi) is 3.42. The second-order valence-corrected chi connectivity index (χ2v) is 4.79. The van der Waals surface area contributed by atoms with Crippen LogP contribution in [0.5, 0.6) is 5.75 Å². The third-order valence-electron chi connectivity index (χ3n) is 3.47. The molecule has 0 spiro atoms. The van der Waals surface area contributed by atoms with Crippen LogP contribution in [-0.2, 0) is 0 Å². The molecule has 1 unspecified atom stereocenters. The molecule has 2 heterocycles. The molecule has 0 radical (unpaired) electrons. The molecule has 0 bridgehead atoms. The fourth-order valence-electron chi connectivity index (χ4n) is 2.47. The van der Waals surface area contributed by atoms with Crippen molar-refractivity contribution in [3.8, 4) is 5.75 Å². The minimum Gasteiger partial charge on any atom is -0.494 e. The van der Waals surface area contributed by atoms with Gasteiger partial charge in [-0.1, -0.05) is 6.07 Å². The standard InChI is InChI=1S/C15H18N2O/c1-3-12-11-14(5-6-15(12)17-9-1)18-10-7-13-4-2-8-16-13/h1,3,5-6,9,11,13,16H,2,4,7-8,10H2. The van der Waals surface area contributed by atoms with Gasteiger partial charge in [0.15, 0.2) is 0 Å². The van der Waals surface area contributed by atoms with Crippen molar-refractivity contribution in [2.24, 2.45) is 0 Å². The van der Waals surface area contributed by atoms with E-state index >= 15 is 0 Å². The van der Waals surface area contributed by atoms with Gasteiger partial charge in [-0.25, -0.2) is 0 Å². The zero-order valence-corrected chi connectivity index (χ0v) is 10.4. The largest absolute Gasteiger partial charge is 0.494 e. The summed E-state index contributed by atoms with van der Waals surface area (Å²) in [6.07, 6.45) is 5.48. The predicted octanol–water partition coefficient (Wildman–Crippen LogP) is 2.76. The van der Waals surface area contributed by atoms with Gasteiger partial charge in [0.05, 0.1) is 12.1 Å². The van der Waals surface area contributed by atoms with Crippen LogP contribution in [0, 0.1) is 0 Å². The molecule has 18 heavy (non-hydrogen) atoms. The van der Waals surface area contributed by atoms with Crippen LogP contribution in [0.1, 0.15) is 19.3 Å². The van der Waals surface area contributed by atoms with Gasteiger partial charge in [0.25, 0.3) is 0 Å². The van der Waals surface area contributed by atoms with Gasteiger partial charge in [-0.15, -0.1) is 0 Å². The Bertz CT molecular complexity index is 521. The van der Waals surface area contributed by atoms with E-state index in [1.807, 2.05) is 24.4 Å². The number of aromatic nitrogens is 1. The van der Waals surface area contributed by atoms with Gasteiger partial charge in [0.1, 0.15) is 5.75 Å². The second-order valence-electron chi connectivity index (χ2n) is 4.79. The third kappa shape index (κ3) is 2.62. The molecule has 1 saturated heterocycles. The maximum Gasteiger partial charge on any atom is 0.120 e. The van der Waals surface area contributed by atoms with Gasteiger partial charge in [0.2, 0.25) is 0 Å². The van der Waals surface area contributed by atoms with E-state index in [0.29, 0.717) is 6.04 Å². The molecule has 1 fully saturated rings. The van der Waals surface area contributed by atoms with Crippen molar-refractivity contribution in [2.45, 2.75) is 25.3 Å². The average Bonchev–Trinajstić information content (AvgIpc) is 2.92. The number of hydrogen-bond acceptors (Lipinski definition) is 3. The number of ether oxygens (including phenoxy) is 1. The summed E-state index contributed by atoms with van der Waals surface area (Å²) < 4.78 is 5.81. The Morgan fingerprint density at radius 1 is 1.33 bits per heavy atom. The highest BCUT2D eigenvalue weighted by molar-refractivity contribution is 5.79. The summed E-state index contributed by atoms with van der Waals surface area (Å²) in [6.45, 7) is 1.94. The molecule has 1 aromatic heterocycles. The van der Waals surface area contributed by atoms with Gasteiger partial charge in [-0.05, 0) is 50.1 Å². The van der Waals surface area contributed by atoms with Gasteiger partial charge < -0.3 is 10.1 Å². The van der Waals surface area contributed by atoms with Crippen molar-refractivity contribution in [3.05, 3.63) is 36.5 Å². The van der Waals surface area contributed by atoms with Crippen molar-refractivity contribution in [3.63, 3.8) is 0 Å². The molecule has 1 aliphatic rings. The fourth-order valence-corrected chi connectivity index (χ4v) is 2.47. The van der Waals surface area contributed by atoms with E-state index in [-0.39, 0.29) is 0 Å². The monoisotopic (exact) mass is 242 g/mol. The first-order valence-electron chi connectivity index (χ1n) is 6.63. The molecule has 1 aliphatic heterocycles. The molecule has 0 saturated carbocycles. The Balaban J connectivity index is 1.60. The molecular weight excluding hydrogens is 224 g/mol. The summed E-state index contributed by atoms with van der Waals surface area (Å²) in [5, 5.41) is 4.62. The van der Waals surface area contributed by atoms with Crippen LogP contribution < -0.4 is 10.1 Å². The molecular formula is C15H18N2O. The number of nitrogens with zero attached hydrogens (tertiary/aromatic N) is 1. The lowest BCUT2D eigenvalue weighted by atomic mass is 10.2. The van der Waals surface area contributed by atoms with E-state index in [9.17, 15) is 0 Å². The summed E-state index contributed by atoms with van der Waals surface area (Å²) in [6, 6.07) is 10.7. The van der Waals surface area contributed by atoms with Crippen LogP contribution in [0.4, 0.5) is 0 Å². The topological polar surface area (TPSA) is 34.1 Å². The minimum atomic E-state index is 0.645. The highest BCUT2D eigenvalue weighted by Crippen LogP contribution is 2.19. The zero-order chi connectivity index (χ0) is 12.2. The van der Waals surface area contributed by atoms with Crippen molar-refractivity contribution >= 4 is 10.9 Å². The van der Waals surface area contributed by atoms with E-state index in [1.165, 1.54) is 12.8 Å². The summed E-state index contributed by atoms with van der Waals surface area (Å²) in [7, 11) is 0. The van der Waals surface area contributed by atoms with E-state index in [1.54, 1.807) is 0 Å². The normalized spacial score (nSPS) is 19.2. The molecule has 0 aliphatic carbocycles. The van der Waals surface area contributed by atoms with Crippen molar-refractivity contribution in [1.82, 2.24) is 10.3 Å².